The van der Waals surface area contributed by atoms with E-state index in [2.05, 4.69) is 10.4 Å². The summed E-state index contributed by atoms with van der Waals surface area (Å²) in [5.74, 6) is 0.259. The van der Waals surface area contributed by atoms with Crippen LogP contribution in [0.5, 0.6) is 5.75 Å². The molecule has 6 heteroatoms. The summed E-state index contributed by atoms with van der Waals surface area (Å²) in [5, 5.41) is 6.54. The summed E-state index contributed by atoms with van der Waals surface area (Å²) >= 11 is 0. The number of hydrogen-bond donors (Lipinski definition) is 1. The Hall–Kier alpha value is -2.63. The topological polar surface area (TPSA) is 73.2 Å². The molecule has 6 nitrogen and oxygen atoms in total. The van der Waals surface area contributed by atoms with Crippen molar-refractivity contribution in [3.8, 4) is 5.75 Å². The van der Waals surface area contributed by atoms with Crippen molar-refractivity contribution < 1.29 is 9.53 Å². The molecule has 2 rings (SSSR count). The van der Waals surface area contributed by atoms with Gasteiger partial charge in [-0.3, -0.25) is 9.59 Å². The average Bonchev–Trinajstić information content (AvgIpc) is 2.44. The van der Waals surface area contributed by atoms with Gasteiger partial charge in [-0.25, -0.2) is 4.68 Å². The summed E-state index contributed by atoms with van der Waals surface area (Å²) in [6.45, 7) is 2.23. The number of benzene rings is 1. The van der Waals surface area contributed by atoms with Crippen LogP contribution < -0.4 is 15.6 Å². The molecule has 0 spiro atoms. The van der Waals surface area contributed by atoms with Gasteiger partial charge in [0.15, 0.2) is 0 Å². The van der Waals surface area contributed by atoms with Gasteiger partial charge in [0.25, 0.3) is 5.56 Å². The number of hydrogen-bond acceptors (Lipinski definition) is 4. The summed E-state index contributed by atoms with van der Waals surface area (Å²) in [6, 6.07) is 10.0. The lowest BCUT2D eigenvalue weighted by Crippen LogP contribution is -2.28. The normalized spacial score (nSPS) is 10.1. The highest BCUT2D eigenvalue weighted by Gasteiger charge is 2.08. The van der Waals surface area contributed by atoms with Gasteiger partial charge in [0.2, 0.25) is 5.91 Å². The van der Waals surface area contributed by atoms with Crippen LogP contribution in [0.2, 0.25) is 0 Å². The number of nitrogens with one attached hydrogen (secondary N) is 1. The minimum atomic E-state index is -0.335. The summed E-state index contributed by atoms with van der Waals surface area (Å²) in [7, 11) is 0. The maximum atomic E-state index is 11.9. The van der Waals surface area contributed by atoms with E-state index in [1.165, 1.54) is 18.3 Å². The number of para-hydroxylation sites is 2. The predicted octanol–water partition coefficient (Wildman–Crippen LogP) is 1.28. The third kappa shape index (κ3) is 3.44. The first-order chi connectivity index (χ1) is 9.70. The first kappa shape index (κ1) is 13.8. The van der Waals surface area contributed by atoms with Gasteiger partial charge in [-0.05, 0) is 25.1 Å². The van der Waals surface area contributed by atoms with Crippen LogP contribution in [0.4, 0.5) is 5.69 Å². The monoisotopic (exact) mass is 273 g/mol. The van der Waals surface area contributed by atoms with E-state index in [0.717, 1.165) is 4.68 Å². The van der Waals surface area contributed by atoms with Crippen LogP contribution in [-0.2, 0) is 11.3 Å². The lowest BCUT2D eigenvalue weighted by Gasteiger charge is -2.11. The van der Waals surface area contributed by atoms with E-state index >= 15 is 0 Å². The highest BCUT2D eigenvalue weighted by atomic mass is 16.5. The van der Waals surface area contributed by atoms with Crippen LogP contribution in [0.1, 0.15) is 6.92 Å². The lowest BCUT2D eigenvalue weighted by molar-refractivity contribution is -0.117. The fourth-order valence-corrected chi connectivity index (χ4v) is 1.68. The Morgan fingerprint density at radius 3 is 2.85 bits per heavy atom. The lowest BCUT2D eigenvalue weighted by atomic mass is 10.3. The second-order valence-corrected chi connectivity index (χ2v) is 4.00. The van der Waals surface area contributed by atoms with Gasteiger partial charge in [0.05, 0.1) is 12.3 Å². The molecule has 1 aromatic carbocycles. The largest absolute Gasteiger partial charge is 0.492 e. The molecule has 0 fully saturated rings. The van der Waals surface area contributed by atoms with Crippen molar-refractivity contribution in [3.05, 3.63) is 52.9 Å². The molecule has 104 valence electrons. The molecule has 1 N–H and O–H groups in total. The number of rotatable bonds is 5. The van der Waals surface area contributed by atoms with E-state index in [9.17, 15) is 9.59 Å². The number of carbonyl (C=O) groups excluding carboxylic acids is 1. The van der Waals surface area contributed by atoms with Crippen molar-refractivity contribution in [1.82, 2.24) is 9.78 Å². The minimum Gasteiger partial charge on any atom is -0.492 e. The molecule has 1 heterocycles. The molecule has 1 amide bonds. The smallest absolute Gasteiger partial charge is 0.267 e. The molecule has 0 aliphatic carbocycles. The summed E-state index contributed by atoms with van der Waals surface area (Å²) in [6.07, 6.45) is 1.46. The fraction of sp³-hybridized carbons (Fsp3) is 0.214. The Morgan fingerprint density at radius 2 is 2.10 bits per heavy atom. The number of anilines is 1. The van der Waals surface area contributed by atoms with E-state index in [-0.39, 0.29) is 18.0 Å². The van der Waals surface area contributed by atoms with Gasteiger partial charge in [0.1, 0.15) is 12.3 Å². The Morgan fingerprint density at radius 1 is 1.30 bits per heavy atom. The second-order valence-electron chi connectivity index (χ2n) is 4.00. The van der Waals surface area contributed by atoms with E-state index < -0.39 is 0 Å². The van der Waals surface area contributed by atoms with Crippen molar-refractivity contribution in [1.29, 1.82) is 0 Å². The number of nitrogens with zero attached hydrogens (tertiary/aromatic N) is 2. The zero-order chi connectivity index (χ0) is 14.4. The molecule has 0 saturated carbocycles. The third-order valence-corrected chi connectivity index (χ3v) is 2.54. The van der Waals surface area contributed by atoms with Gasteiger partial charge >= 0.3 is 0 Å². The maximum absolute atomic E-state index is 11.9. The molecule has 2 aromatic rings. The van der Waals surface area contributed by atoms with Gasteiger partial charge in [-0.2, -0.15) is 5.10 Å². The number of aromatic nitrogens is 2. The first-order valence-electron chi connectivity index (χ1n) is 6.24. The van der Waals surface area contributed by atoms with Crippen LogP contribution in [0.15, 0.2) is 47.4 Å². The van der Waals surface area contributed by atoms with Crippen molar-refractivity contribution in [2.45, 2.75) is 13.5 Å². The van der Waals surface area contributed by atoms with Crippen molar-refractivity contribution in [2.75, 3.05) is 11.9 Å². The molecular weight excluding hydrogens is 258 g/mol. The Labute approximate surface area is 116 Å². The highest BCUT2D eigenvalue weighted by Crippen LogP contribution is 2.23. The number of ether oxygens (including phenoxy) is 1. The summed E-state index contributed by atoms with van der Waals surface area (Å²) in [4.78, 5) is 23.4. The predicted molar refractivity (Wildman–Crippen MR) is 74.7 cm³/mol. The van der Waals surface area contributed by atoms with Gasteiger partial charge in [-0.15, -0.1) is 0 Å². The average molecular weight is 273 g/mol. The van der Waals surface area contributed by atoms with Crippen LogP contribution in [-0.4, -0.2) is 22.3 Å². The fourth-order valence-electron chi connectivity index (χ4n) is 1.68. The summed E-state index contributed by atoms with van der Waals surface area (Å²) < 4.78 is 6.51. The zero-order valence-corrected chi connectivity index (χ0v) is 11.1. The maximum Gasteiger partial charge on any atom is 0.267 e. The number of amides is 1. The first-order valence-corrected chi connectivity index (χ1v) is 6.24. The third-order valence-electron chi connectivity index (χ3n) is 2.54. The molecule has 0 atom stereocenters. The van der Waals surface area contributed by atoms with Crippen molar-refractivity contribution in [3.63, 3.8) is 0 Å². The van der Waals surface area contributed by atoms with Gasteiger partial charge in [-0.1, -0.05) is 12.1 Å². The van der Waals surface area contributed by atoms with Crippen molar-refractivity contribution >= 4 is 11.6 Å². The standard InChI is InChI=1S/C14H15N3O3/c1-2-20-12-7-4-3-6-11(12)16-13(18)10-17-14(19)8-5-9-15-17/h3-9H,2,10H2,1H3,(H,16,18). The highest BCUT2D eigenvalue weighted by molar-refractivity contribution is 5.92. The van der Waals surface area contributed by atoms with Crippen LogP contribution in [0.25, 0.3) is 0 Å². The molecular formula is C14H15N3O3. The van der Waals surface area contributed by atoms with E-state index in [0.29, 0.717) is 18.0 Å². The molecule has 0 aliphatic heterocycles. The van der Waals surface area contributed by atoms with Crippen LogP contribution in [0, 0.1) is 0 Å². The van der Waals surface area contributed by atoms with E-state index in [4.69, 9.17) is 4.74 Å². The van der Waals surface area contributed by atoms with Crippen molar-refractivity contribution in [2.24, 2.45) is 0 Å². The molecule has 20 heavy (non-hydrogen) atoms. The second kappa shape index (κ2) is 6.51. The molecule has 0 saturated heterocycles. The van der Waals surface area contributed by atoms with Gasteiger partial charge in [0, 0.05) is 12.3 Å². The SMILES string of the molecule is CCOc1ccccc1NC(=O)Cn1ncccc1=O. The molecule has 0 unspecified atom stereocenters. The molecule has 0 bridgehead atoms. The number of carbonyl (C=O) groups is 1. The Balaban J connectivity index is 2.09. The quantitative estimate of drug-likeness (QED) is 0.890. The Kier molecular flexibility index (Phi) is 4.49. The molecule has 0 radical (unpaired) electrons. The Bertz CT molecular complexity index is 652. The van der Waals surface area contributed by atoms with Gasteiger partial charge < -0.3 is 10.1 Å². The van der Waals surface area contributed by atoms with Crippen LogP contribution in [0.3, 0.4) is 0 Å². The van der Waals surface area contributed by atoms with E-state index in [1.54, 1.807) is 18.2 Å². The summed E-state index contributed by atoms with van der Waals surface area (Å²) in [5.41, 5.74) is 0.254. The zero-order valence-electron chi connectivity index (χ0n) is 11.1. The van der Waals surface area contributed by atoms with E-state index in [1.807, 2.05) is 13.0 Å². The molecule has 0 aliphatic rings. The molecule has 1 aromatic heterocycles. The minimum absolute atomic E-state index is 0.139. The van der Waals surface area contributed by atoms with Crippen LogP contribution >= 0.6 is 0 Å².